The molecule has 0 atom stereocenters. The summed E-state index contributed by atoms with van der Waals surface area (Å²) < 4.78 is 6.87. The van der Waals surface area contributed by atoms with Crippen LogP contribution in [0.5, 0.6) is 5.75 Å². The van der Waals surface area contributed by atoms with Crippen LogP contribution < -0.4 is 10.1 Å². The van der Waals surface area contributed by atoms with Gasteiger partial charge in [0.1, 0.15) is 12.4 Å². The Morgan fingerprint density at radius 2 is 2.04 bits per heavy atom. The Morgan fingerprint density at radius 1 is 1.30 bits per heavy atom. The molecule has 0 unspecified atom stereocenters. The average molecular weight is 407 g/mol. The molecule has 144 valence electrons. The summed E-state index contributed by atoms with van der Waals surface area (Å²) in [4.78, 5) is 19.0. The van der Waals surface area contributed by atoms with Gasteiger partial charge in [-0.05, 0) is 39.0 Å². The first-order valence-corrected chi connectivity index (χ1v) is 10.2. The number of aryl methyl sites for hydroxylation is 2. The van der Waals surface area contributed by atoms with E-state index in [9.17, 15) is 15.0 Å². The Morgan fingerprint density at radius 3 is 2.67 bits per heavy atom. The number of amides is 1. The van der Waals surface area contributed by atoms with E-state index in [1.54, 1.807) is 23.8 Å². The van der Waals surface area contributed by atoms with Gasteiger partial charge in [-0.2, -0.15) is 0 Å². The zero-order valence-electron chi connectivity index (χ0n) is 15.4. The molecule has 0 aliphatic carbocycles. The van der Waals surface area contributed by atoms with E-state index in [0.29, 0.717) is 17.9 Å². The summed E-state index contributed by atoms with van der Waals surface area (Å²) in [6, 6.07) is 5.69. The van der Waals surface area contributed by atoms with Gasteiger partial charge >= 0.3 is 0 Å². The molecule has 6 nitrogen and oxygen atoms in total. The SMILES string of the molecule is Cc1ncsc1COc1ccc2sc(C)c(C(=O)NC(C)(CO)CO)c2c1. The minimum absolute atomic E-state index is 0.320. The number of carbonyl (C=O) groups excluding carboxylic acids is 1. The lowest BCUT2D eigenvalue weighted by Crippen LogP contribution is -2.51. The van der Waals surface area contributed by atoms with E-state index in [-0.39, 0.29) is 19.1 Å². The summed E-state index contributed by atoms with van der Waals surface area (Å²) in [7, 11) is 0. The van der Waals surface area contributed by atoms with Crippen LogP contribution in [-0.4, -0.2) is 39.9 Å². The third-order valence-electron chi connectivity index (χ3n) is 4.39. The summed E-state index contributed by atoms with van der Waals surface area (Å²) >= 11 is 3.08. The van der Waals surface area contributed by atoms with E-state index in [1.165, 1.54) is 11.3 Å². The van der Waals surface area contributed by atoms with Crippen LogP contribution in [0.3, 0.4) is 0 Å². The second-order valence-electron chi connectivity index (χ2n) is 6.67. The molecule has 2 aromatic heterocycles. The molecule has 0 saturated heterocycles. The van der Waals surface area contributed by atoms with E-state index in [2.05, 4.69) is 10.3 Å². The van der Waals surface area contributed by atoms with Crippen molar-refractivity contribution in [1.82, 2.24) is 10.3 Å². The van der Waals surface area contributed by atoms with E-state index >= 15 is 0 Å². The molecular formula is C19H22N2O4S2. The predicted molar refractivity (Wildman–Crippen MR) is 108 cm³/mol. The molecule has 0 spiro atoms. The highest BCUT2D eigenvalue weighted by atomic mass is 32.1. The Hall–Kier alpha value is -2.00. The molecule has 8 heteroatoms. The number of nitrogens with zero attached hydrogens (tertiary/aromatic N) is 1. The van der Waals surface area contributed by atoms with Crippen molar-refractivity contribution in [3.05, 3.63) is 44.7 Å². The number of aromatic nitrogens is 1. The van der Waals surface area contributed by atoms with Crippen LogP contribution in [0, 0.1) is 13.8 Å². The number of fused-ring (bicyclic) bond motifs is 1. The molecule has 27 heavy (non-hydrogen) atoms. The van der Waals surface area contributed by atoms with Crippen molar-refractivity contribution in [3.63, 3.8) is 0 Å². The monoisotopic (exact) mass is 406 g/mol. The molecule has 3 rings (SSSR count). The third kappa shape index (κ3) is 4.14. The molecule has 3 aromatic rings. The van der Waals surface area contributed by atoms with Gasteiger partial charge in [0.2, 0.25) is 0 Å². The molecule has 0 saturated carbocycles. The van der Waals surface area contributed by atoms with E-state index in [4.69, 9.17) is 4.74 Å². The van der Waals surface area contributed by atoms with Crippen molar-refractivity contribution >= 4 is 38.7 Å². The predicted octanol–water partition coefficient (Wildman–Crippen LogP) is 3.03. The van der Waals surface area contributed by atoms with Crippen molar-refractivity contribution in [3.8, 4) is 5.75 Å². The number of ether oxygens (including phenoxy) is 1. The van der Waals surface area contributed by atoms with E-state index in [1.807, 2.05) is 32.0 Å². The van der Waals surface area contributed by atoms with Crippen LogP contribution in [-0.2, 0) is 6.61 Å². The molecule has 3 N–H and O–H groups in total. The van der Waals surface area contributed by atoms with Crippen LogP contribution in [0.25, 0.3) is 10.1 Å². The van der Waals surface area contributed by atoms with Gasteiger partial charge in [0.05, 0.1) is 40.4 Å². The maximum Gasteiger partial charge on any atom is 0.253 e. The lowest BCUT2D eigenvalue weighted by Gasteiger charge is -2.26. The minimum atomic E-state index is -1.07. The molecule has 1 amide bonds. The van der Waals surface area contributed by atoms with Gasteiger partial charge in [-0.25, -0.2) is 4.98 Å². The summed E-state index contributed by atoms with van der Waals surface area (Å²) in [5, 5.41) is 22.4. The van der Waals surface area contributed by atoms with E-state index in [0.717, 1.165) is 25.5 Å². The smallest absolute Gasteiger partial charge is 0.253 e. The zero-order valence-corrected chi connectivity index (χ0v) is 17.0. The van der Waals surface area contributed by atoms with Crippen LogP contribution in [0.1, 0.15) is 32.7 Å². The first kappa shape index (κ1) is 19.8. The molecule has 0 aliphatic heterocycles. The normalized spacial score (nSPS) is 11.7. The Bertz CT molecular complexity index is 960. The van der Waals surface area contributed by atoms with Gasteiger partial charge in [0, 0.05) is 15.0 Å². The first-order valence-electron chi connectivity index (χ1n) is 8.46. The summed E-state index contributed by atoms with van der Waals surface area (Å²) in [6.45, 7) is 5.16. The number of rotatable bonds is 7. The van der Waals surface area contributed by atoms with Gasteiger partial charge in [0.25, 0.3) is 5.91 Å². The minimum Gasteiger partial charge on any atom is -0.488 e. The second kappa shape index (κ2) is 7.93. The Kier molecular flexibility index (Phi) is 5.81. The van der Waals surface area contributed by atoms with Gasteiger partial charge in [-0.3, -0.25) is 4.79 Å². The highest BCUT2D eigenvalue weighted by molar-refractivity contribution is 7.19. The number of aliphatic hydroxyl groups is 2. The number of nitrogens with one attached hydrogen (secondary N) is 1. The molecule has 0 fully saturated rings. The molecule has 0 bridgehead atoms. The van der Waals surface area contributed by atoms with Gasteiger partial charge in [-0.15, -0.1) is 22.7 Å². The number of carbonyl (C=O) groups is 1. The topological polar surface area (TPSA) is 91.7 Å². The average Bonchev–Trinajstić information content (AvgIpc) is 3.21. The van der Waals surface area contributed by atoms with Crippen LogP contribution in [0.2, 0.25) is 0 Å². The van der Waals surface area contributed by atoms with Gasteiger partial charge in [-0.1, -0.05) is 0 Å². The maximum atomic E-state index is 12.8. The molecule has 2 heterocycles. The Balaban J connectivity index is 1.88. The Labute approximate surface area is 165 Å². The molecule has 0 aliphatic rings. The number of hydrogen-bond donors (Lipinski definition) is 3. The summed E-state index contributed by atoms with van der Waals surface area (Å²) in [6.07, 6.45) is 0. The lowest BCUT2D eigenvalue weighted by molar-refractivity contribution is 0.0725. The van der Waals surface area contributed by atoms with Crippen molar-refractivity contribution in [1.29, 1.82) is 0 Å². The standard InChI is InChI=1S/C19H22N2O4S2/c1-11-16(26-10-20-11)7-25-13-4-5-15-14(6-13)17(12(2)27-15)18(24)21-19(3,8-22)9-23/h4-6,10,22-23H,7-9H2,1-3H3,(H,21,24). The summed E-state index contributed by atoms with van der Waals surface area (Å²) in [5.74, 6) is 0.356. The largest absolute Gasteiger partial charge is 0.488 e. The van der Waals surface area contributed by atoms with E-state index < -0.39 is 5.54 Å². The fourth-order valence-corrected chi connectivity index (χ4v) is 4.38. The highest BCUT2D eigenvalue weighted by Gasteiger charge is 2.27. The fraction of sp³-hybridized carbons (Fsp3) is 0.368. The number of benzene rings is 1. The zero-order chi connectivity index (χ0) is 19.6. The number of hydrogen-bond acceptors (Lipinski definition) is 7. The lowest BCUT2D eigenvalue weighted by atomic mass is 10.0. The number of thiazole rings is 1. The van der Waals surface area contributed by atoms with Crippen molar-refractivity contribution < 1.29 is 19.7 Å². The van der Waals surface area contributed by atoms with Crippen LogP contribution in [0.4, 0.5) is 0 Å². The van der Waals surface area contributed by atoms with Crippen molar-refractivity contribution in [2.45, 2.75) is 32.9 Å². The second-order valence-corrected chi connectivity index (χ2v) is 8.87. The third-order valence-corrected chi connectivity index (χ3v) is 6.39. The quantitative estimate of drug-likeness (QED) is 0.561. The first-order chi connectivity index (χ1) is 12.9. The number of aliphatic hydroxyl groups excluding tert-OH is 2. The van der Waals surface area contributed by atoms with Crippen molar-refractivity contribution in [2.75, 3.05) is 13.2 Å². The van der Waals surface area contributed by atoms with Gasteiger partial charge in [0.15, 0.2) is 0 Å². The number of thiophene rings is 1. The summed E-state index contributed by atoms with van der Waals surface area (Å²) in [5.41, 5.74) is 2.22. The maximum absolute atomic E-state index is 12.8. The van der Waals surface area contributed by atoms with Crippen LogP contribution >= 0.6 is 22.7 Å². The highest BCUT2D eigenvalue weighted by Crippen LogP contribution is 2.34. The molecular weight excluding hydrogens is 384 g/mol. The van der Waals surface area contributed by atoms with Crippen molar-refractivity contribution in [2.24, 2.45) is 0 Å². The fourth-order valence-electron chi connectivity index (χ4n) is 2.65. The molecule has 0 radical (unpaired) electrons. The molecule has 1 aromatic carbocycles. The van der Waals surface area contributed by atoms with Gasteiger partial charge < -0.3 is 20.3 Å². The van der Waals surface area contributed by atoms with Crippen LogP contribution in [0.15, 0.2) is 23.7 Å².